The first-order valence-electron chi connectivity index (χ1n) is 25.8. The van der Waals surface area contributed by atoms with E-state index in [1.165, 1.54) is 28.1 Å². The minimum Gasteiger partial charge on any atom is -0.504 e. The first-order chi connectivity index (χ1) is 35.9. The number of ether oxygens (including phenoxy) is 6. The van der Waals surface area contributed by atoms with Gasteiger partial charge in [-0.25, -0.2) is 9.59 Å². The lowest BCUT2D eigenvalue weighted by atomic mass is 9.53. The lowest BCUT2D eigenvalue weighted by Crippen LogP contribution is -2.57. The molecule has 0 aromatic rings. The highest BCUT2D eigenvalue weighted by Gasteiger charge is 2.66. The Morgan fingerprint density at radius 2 is 0.934 bits per heavy atom. The van der Waals surface area contributed by atoms with Gasteiger partial charge in [-0.3, -0.25) is 19.2 Å². The molecule has 76 heavy (non-hydrogen) atoms. The van der Waals surface area contributed by atoms with Crippen LogP contribution in [0.3, 0.4) is 0 Å². The third kappa shape index (κ3) is 9.31. The summed E-state index contributed by atoms with van der Waals surface area (Å²) in [5.74, 6) is -5.54. The van der Waals surface area contributed by atoms with E-state index >= 15 is 0 Å². The Morgan fingerprint density at radius 3 is 1.22 bits per heavy atom. The molecule has 0 spiro atoms. The van der Waals surface area contributed by atoms with Crippen LogP contribution >= 0.6 is 0 Å². The van der Waals surface area contributed by atoms with E-state index in [2.05, 4.69) is 26.3 Å². The largest absolute Gasteiger partial charge is 0.504 e. The monoisotopic (exact) mass is 1050 g/mol. The van der Waals surface area contributed by atoms with Crippen LogP contribution in [0.15, 0.2) is 119 Å². The number of hydrogen-bond acceptors (Lipinski definition) is 18. The number of ketones is 2. The Kier molecular flexibility index (Phi) is 16.6. The summed E-state index contributed by atoms with van der Waals surface area (Å²) >= 11 is 0. The predicted molar refractivity (Wildman–Crippen MR) is 277 cm³/mol. The summed E-state index contributed by atoms with van der Waals surface area (Å²) in [5.41, 5.74) is -1.97. The van der Waals surface area contributed by atoms with Crippen molar-refractivity contribution in [2.75, 3.05) is 53.6 Å². The van der Waals surface area contributed by atoms with Crippen LogP contribution in [0.1, 0.15) is 80.1 Å². The van der Waals surface area contributed by atoms with Crippen molar-refractivity contribution in [3.63, 3.8) is 0 Å². The van der Waals surface area contributed by atoms with Gasteiger partial charge in [0, 0.05) is 99.8 Å². The molecule has 0 bridgehead atoms. The molecule has 6 aliphatic carbocycles. The van der Waals surface area contributed by atoms with Gasteiger partial charge < -0.3 is 58.6 Å². The van der Waals surface area contributed by atoms with E-state index in [9.17, 15) is 49.2 Å². The molecular formula is C58H74N2O16. The number of carbonyl (C=O) groups is 6. The highest BCUT2D eigenvalue weighted by molar-refractivity contribution is 6.14. The third-order valence-electron chi connectivity index (χ3n) is 17.4. The zero-order valence-electron chi connectivity index (χ0n) is 45.0. The van der Waals surface area contributed by atoms with E-state index in [0.717, 1.165) is 0 Å². The molecule has 4 N–H and O–H groups in total. The topological polar surface area (TPSA) is 245 Å². The van der Waals surface area contributed by atoms with Crippen LogP contribution in [0.5, 0.6) is 0 Å². The van der Waals surface area contributed by atoms with Crippen LogP contribution in [0.4, 0.5) is 0 Å². The van der Waals surface area contributed by atoms with Crippen LogP contribution in [-0.2, 0) is 57.2 Å². The maximum atomic E-state index is 14.0. The molecule has 4 fully saturated rings. The molecular weight excluding hydrogens is 981 g/mol. The van der Waals surface area contributed by atoms with E-state index in [1.54, 1.807) is 60.4 Å². The second-order valence-electron chi connectivity index (χ2n) is 21.9. The van der Waals surface area contributed by atoms with E-state index in [-0.39, 0.29) is 47.3 Å². The van der Waals surface area contributed by atoms with Crippen molar-refractivity contribution in [2.45, 2.75) is 117 Å². The molecule has 2 saturated heterocycles. The summed E-state index contributed by atoms with van der Waals surface area (Å²) in [6.07, 6.45) is 7.38. The number of nitrogens with zero attached hydrogens (tertiary/aromatic N) is 2. The van der Waals surface area contributed by atoms with Crippen molar-refractivity contribution in [1.82, 2.24) is 9.80 Å². The fourth-order valence-corrected chi connectivity index (χ4v) is 13.9. The molecule has 0 radical (unpaired) electrons. The van der Waals surface area contributed by atoms with Crippen LogP contribution in [0.2, 0.25) is 0 Å². The van der Waals surface area contributed by atoms with Gasteiger partial charge in [-0.05, 0) is 75.4 Å². The first kappa shape index (κ1) is 57.4. The second-order valence-corrected chi connectivity index (χ2v) is 21.9. The Hall–Kier alpha value is -6.34. The lowest BCUT2D eigenvalue weighted by Gasteiger charge is -2.54. The maximum absolute atomic E-state index is 14.0. The summed E-state index contributed by atoms with van der Waals surface area (Å²) in [6.45, 7) is 26.5. The molecule has 412 valence electrons. The smallest absolute Gasteiger partial charge is 0.340 e. The summed E-state index contributed by atoms with van der Waals surface area (Å²) < 4.78 is 34.3. The van der Waals surface area contributed by atoms with Crippen LogP contribution in [0, 0.1) is 33.5 Å². The van der Waals surface area contributed by atoms with Crippen molar-refractivity contribution >= 4 is 35.4 Å². The number of Topliss-reactive ketones (excluding diaryl/α,β-unsaturated/α-hetero) is 2. The van der Waals surface area contributed by atoms with Gasteiger partial charge in [-0.15, -0.1) is 26.3 Å². The van der Waals surface area contributed by atoms with Crippen molar-refractivity contribution in [3.05, 3.63) is 119 Å². The number of fused-ring (bicyclic) bond motifs is 8. The first-order valence-corrected chi connectivity index (χ1v) is 25.8. The molecule has 18 heteroatoms. The number of carbonyl (C=O) groups excluding carboxylic acids is 6. The summed E-state index contributed by atoms with van der Waals surface area (Å²) in [5, 5.41) is 44.9. The molecule has 18 nitrogen and oxygen atoms in total. The highest BCUT2D eigenvalue weighted by atomic mass is 16.6. The zero-order chi connectivity index (χ0) is 56.0. The summed E-state index contributed by atoms with van der Waals surface area (Å²) in [7, 11) is 2.94. The second kappa shape index (κ2) is 22.0. The Labute approximate surface area is 444 Å². The zero-order valence-corrected chi connectivity index (χ0v) is 45.0. The summed E-state index contributed by atoms with van der Waals surface area (Å²) in [6, 6.07) is 0. The number of aliphatic hydroxyl groups is 4. The van der Waals surface area contributed by atoms with Gasteiger partial charge in [-0.1, -0.05) is 38.2 Å². The SMILES string of the molecule is C=CCN(/C=C1/C(=O)O[C@H](COC)[C@@]2(C)C1=C(O)C(=O)C1=C2[C@H](OC(C)=O)C[C@]2(C)C(O)CC[C@@H]12)CC=C.C=CCN(/C=C1\C(=O)O[C@H](COC)[C@@]2(C)C1=C(O)C(=O)C1=C2[C@H](OC(C)=O)C[C@]2(C)C(O)CC[C@@H]12)CC=C. The molecule has 2 saturated carbocycles. The number of rotatable bonds is 16. The minimum atomic E-state index is -1.24. The van der Waals surface area contributed by atoms with Crippen LogP contribution in [0.25, 0.3) is 0 Å². The standard InChI is InChI=1S/2C29H37NO8/c2*1-7-11-30(12-8-2)14-17-23-26(34)25(33)22-18-9-10-20(32)28(18,4)13-19(37-16(3)31)24(22)29(23,5)21(15-36-6)38-27(17)35/h2*7-8,14,18-21,32,34H,1-2,9-13,15H2,3-6H3/b17-14+;17-14-/t2*18-,19+,20?,21+,28-,29-/m00/s1. The number of aliphatic hydroxyl groups excluding tert-OH is 4. The van der Waals surface area contributed by atoms with Crippen molar-refractivity contribution in [2.24, 2.45) is 33.5 Å². The summed E-state index contributed by atoms with van der Waals surface area (Å²) in [4.78, 5) is 82.8. The molecule has 0 amide bonds. The fraction of sp³-hybridized carbons (Fsp3) is 0.552. The number of esters is 4. The average molecular weight is 1060 g/mol. The van der Waals surface area contributed by atoms with E-state index < -0.39 is 105 Å². The van der Waals surface area contributed by atoms with E-state index in [0.29, 0.717) is 87.0 Å². The molecule has 2 aliphatic heterocycles. The maximum Gasteiger partial charge on any atom is 0.340 e. The molecule has 8 rings (SSSR count). The quantitative estimate of drug-likeness (QED) is 0.0613. The van der Waals surface area contributed by atoms with Gasteiger partial charge >= 0.3 is 23.9 Å². The third-order valence-corrected chi connectivity index (χ3v) is 17.4. The molecule has 2 heterocycles. The Morgan fingerprint density at radius 1 is 0.605 bits per heavy atom. The van der Waals surface area contributed by atoms with Gasteiger partial charge in [0.25, 0.3) is 0 Å². The fourth-order valence-electron chi connectivity index (χ4n) is 13.9. The van der Waals surface area contributed by atoms with Crippen LogP contribution in [-0.4, -0.2) is 156 Å². The molecule has 12 atom stereocenters. The lowest BCUT2D eigenvalue weighted by molar-refractivity contribution is -0.161. The van der Waals surface area contributed by atoms with E-state index in [4.69, 9.17) is 28.4 Å². The van der Waals surface area contributed by atoms with E-state index in [1.807, 2.05) is 13.8 Å². The van der Waals surface area contributed by atoms with Gasteiger partial charge in [-0.2, -0.15) is 0 Å². The van der Waals surface area contributed by atoms with Gasteiger partial charge in [0.2, 0.25) is 11.6 Å². The predicted octanol–water partition coefficient (Wildman–Crippen LogP) is 5.85. The molecule has 2 unspecified atom stereocenters. The average Bonchev–Trinajstić information content (AvgIpc) is 3.89. The highest BCUT2D eigenvalue weighted by Crippen LogP contribution is 2.65. The van der Waals surface area contributed by atoms with Crippen molar-refractivity contribution in [3.8, 4) is 0 Å². The van der Waals surface area contributed by atoms with Gasteiger partial charge in [0.15, 0.2) is 11.5 Å². The Bertz CT molecular complexity index is 2490. The molecule has 8 aliphatic rings. The van der Waals surface area contributed by atoms with Crippen molar-refractivity contribution < 1.29 is 77.6 Å². The normalized spacial score (nSPS) is 35.3. The van der Waals surface area contributed by atoms with Crippen molar-refractivity contribution in [1.29, 1.82) is 0 Å². The number of hydrogen-bond donors (Lipinski definition) is 4. The number of cyclic esters (lactones) is 2. The van der Waals surface area contributed by atoms with Crippen LogP contribution < -0.4 is 0 Å². The number of methoxy groups -OCH3 is 2. The molecule has 0 aromatic carbocycles. The number of allylic oxidation sites excluding steroid dienone is 2. The Balaban J connectivity index is 0.000000221. The minimum absolute atomic E-state index is 0.0162. The van der Waals surface area contributed by atoms with Gasteiger partial charge in [0.1, 0.15) is 24.4 Å². The van der Waals surface area contributed by atoms with Gasteiger partial charge in [0.05, 0.1) is 47.4 Å². The molecule has 0 aromatic heterocycles.